The number of aromatic nitrogens is 1. The van der Waals surface area contributed by atoms with Crippen molar-refractivity contribution in [1.29, 1.82) is 0 Å². The van der Waals surface area contributed by atoms with Gasteiger partial charge in [-0.15, -0.1) is 11.3 Å². The fourth-order valence-electron chi connectivity index (χ4n) is 3.56. The number of benzene rings is 1. The number of methoxy groups -OCH3 is 1. The molecule has 8 nitrogen and oxygen atoms in total. The maximum atomic E-state index is 13.3. The maximum Gasteiger partial charge on any atom is 0.430 e. The fourth-order valence-corrected chi connectivity index (χ4v) is 5.17. The van der Waals surface area contributed by atoms with Crippen molar-refractivity contribution in [3.63, 3.8) is 0 Å². The van der Waals surface area contributed by atoms with Crippen LogP contribution in [0.1, 0.15) is 38.7 Å². The number of nitrogens with zero attached hydrogens (tertiary/aromatic N) is 1. The molecule has 0 aliphatic heterocycles. The first kappa shape index (κ1) is 28.9. The molecule has 1 aliphatic rings. The highest BCUT2D eigenvalue weighted by Crippen LogP contribution is 2.54. The summed E-state index contributed by atoms with van der Waals surface area (Å²) in [6, 6.07) is 0.356. The van der Waals surface area contributed by atoms with E-state index in [4.69, 9.17) is 23.2 Å². The average Bonchev–Trinajstić information content (AvgIpc) is 3.20. The summed E-state index contributed by atoms with van der Waals surface area (Å²) in [5.74, 6) is -3.41. The molecular formula is C20H14Cl2F6N2O6S. The average molecular weight is 595 g/mol. The van der Waals surface area contributed by atoms with Crippen LogP contribution in [0.25, 0.3) is 10.4 Å². The van der Waals surface area contributed by atoms with Crippen LogP contribution in [0.3, 0.4) is 0 Å². The van der Waals surface area contributed by atoms with E-state index in [9.17, 15) is 50.9 Å². The molecule has 0 saturated heterocycles. The minimum absolute atomic E-state index is 0.205. The maximum absolute atomic E-state index is 13.3. The van der Waals surface area contributed by atoms with Gasteiger partial charge in [0.2, 0.25) is 0 Å². The van der Waals surface area contributed by atoms with Gasteiger partial charge in [0, 0.05) is 17.2 Å². The minimum atomic E-state index is -6.24. The van der Waals surface area contributed by atoms with Gasteiger partial charge < -0.3 is 20.3 Å². The Hall–Kier alpha value is -2.62. The third-order valence-corrected chi connectivity index (χ3v) is 7.54. The normalized spacial score (nSPS) is 18.2. The Morgan fingerprint density at radius 1 is 1.08 bits per heavy atom. The number of ether oxygens (including phenoxy) is 1. The number of carboxylic acid groups (broad SMARTS) is 1. The molecule has 0 atom stereocenters. The van der Waals surface area contributed by atoms with E-state index in [-0.39, 0.29) is 23.8 Å². The van der Waals surface area contributed by atoms with Crippen molar-refractivity contribution in [2.24, 2.45) is 5.92 Å². The first-order chi connectivity index (χ1) is 16.9. The van der Waals surface area contributed by atoms with Gasteiger partial charge in [-0.3, -0.25) is 9.59 Å². The van der Waals surface area contributed by atoms with Crippen LogP contribution in [0, 0.1) is 5.92 Å². The lowest BCUT2D eigenvalue weighted by Crippen LogP contribution is -2.54. The van der Waals surface area contributed by atoms with Gasteiger partial charge in [0.05, 0.1) is 28.0 Å². The molecular weight excluding hydrogens is 581 g/mol. The largest absolute Gasteiger partial charge is 0.476 e. The van der Waals surface area contributed by atoms with Crippen molar-refractivity contribution in [2.75, 3.05) is 7.11 Å². The second-order valence-electron chi connectivity index (χ2n) is 7.86. The predicted octanol–water partition coefficient (Wildman–Crippen LogP) is 4.81. The number of esters is 1. The number of aromatic carboxylic acids is 1. The van der Waals surface area contributed by atoms with E-state index >= 15 is 0 Å². The molecule has 2 aromatic rings. The molecule has 1 aromatic carbocycles. The Kier molecular flexibility index (Phi) is 7.76. The Bertz CT molecular complexity index is 1250. The van der Waals surface area contributed by atoms with E-state index in [1.807, 2.05) is 0 Å². The number of carbonyl (C=O) groups is 3. The highest BCUT2D eigenvalue weighted by molar-refractivity contribution is 7.17. The van der Waals surface area contributed by atoms with Crippen LogP contribution in [0.5, 0.6) is 0 Å². The summed E-state index contributed by atoms with van der Waals surface area (Å²) in [5, 5.41) is 19.0. The van der Waals surface area contributed by atoms with Gasteiger partial charge in [-0.05, 0) is 12.8 Å². The van der Waals surface area contributed by atoms with E-state index in [0.29, 0.717) is 17.4 Å². The van der Waals surface area contributed by atoms with Gasteiger partial charge >= 0.3 is 24.3 Å². The molecule has 3 rings (SSSR count). The molecule has 0 radical (unpaired) electrons. The number of rotatable bonds is 6. The monoisotopic (exact) mass is 594 g/mol. The Balaban J connectivity index is 1.99. The van der Waals surface area contributed by atoms with Gasteiger partial charge in [0.1, 0.15) is 0 Å². The summed E-state index contributed by atoms with van der Waals surface area (Å²) in [7, 11) is 1.20. The molecule has 1 aliphatic carbocycles. The number of carbonyl (C=O) groups excluding carboxylic acids is 2. The summed E-state index contributed by atoms with van der Waals surface area (Å²) in [6.07, 6.45) is -12.0. The number of nitrogens with one attached hydrogen (secondary N) is 1. The summed E-state index contributed by atoms with van der Waals surface area (Å²) < 4.78 is 84.3. The standard InChI is InChI=1S/C20H14Cl2F6N2O6S/c1-36-17(34)6-4-7(5-6)29-14(31)15-30-12(16(32)33)13(37-15)8-2-3-9(11(22)10(8)21)18(35,19(23,24)25)20(26,27)28/h2-3,6-7,35H,4-5H2,1H3,(H,29,31)(H,32,33)/t6-,7-. The smallest absolute Gasteiger partial charge is 0.430 e. The summed E-state index contributed by atoms with van der Waals surface area (Å²) in [4.78, 5) is 39.0. The van der Waals surface area contributed by atoms with Gasteiger partial charge in [-0.25, -0.2) is 9.78 Å². The predicted molar refractivity (Wildman–Crippen MR) is 117 cm³/mol. The fraction of sp³-hybridized carbons (Fsp3) is 0.400. The summed E-state index contributed by atoms with van der Waals surface area (Å²) in [5.41, 5.74) is -8.42. The number of amides is 1. The van der Waals surface area contributed by atoms with Crippen molar-refractivity contribution in [2.45, 2.75) is 36.8 Å². The molecule has 1 heterocycles. The molecule has 0 bridgehead atoms. The number of thiazole rings is 1. The third kappa shape index (κ3) is 5.09. The van der Waals surface area contributed by atoms with E-state index in [2.05, 4.69) is 15.0 Å². The lowest BCUT2D eigenvalue weighted by molar-refractivity contribution is -0.376. The number of halogens is 8. The van der Waals surface area contributed by atoms with Crippen LogP contribution in [-0.4, -0.2) is 58.5 Å². The van der Waals surface area contributed by atoms with Gasteiger partial charge in [0.15, 0.2) is 10.7 Å². The Labute approximate surface area is 217 Å². The second kappa shape index (κ2) is 9.93. The molecule has 202 valence electrons. The number of aliphatic hydroxyl groups is 1. The summed E-state index contributed by atoms with van der Waals surface area (Å²) >= 11 is 12.1. The number of carboxylic acids is 1. The van der Waals surface area contributed by atoms with Crippen LogP contribution >= 0.6 is 34.5 Å². The molecule has 1 amide bonds. The summed E-state index contributed by atoms with van der Waals surface area (Å²) in [6.45, 7) is 0. The molecule has 0 unspecified atom stereocenters. The van der Waals surface area contributed by atoms with Crippen LogP contribution in [0.4, 0.5) is 26.3 Å². The van der Waals surface area contributed by atoms with Crippen molar-refractivity contribution < 1.29 is 55.7 Å². The SMILES string of the molecule is COC(=O)[C@H]1C[C@H](NC(=O)c2nc(C(=O)O)c(-c3ccc(C(O)(C(F)(F)F)C(F)(F)F)c(Cl)c3Cl)s2)C1. The minimum Gasteiger partial charge on any atom is -0.476 e. The Morgan fingerprint density at radius 3 is 2.14 bits per heavy atom. The van der Waals surface area contributed by atoms with Gasteiger partial charge in [-0.1, -0.05) is 35.3 Å². The first-order valence-corrected chi connectivity index (χ1v) is 11.5. The lowest BCUT2D eigenvalue weighted by atomic mass is 9.80. The number of hydrogen-bond donors (Lipinski definition) is 3. The molecule has 37 heavy (non-hydrogen) atoms. The van der Waals surface area contributed by atoms with E-state index in [1.54, 1.807) is 0 Å². The zero-order chi connectivity index (χ0) is 28.1. The number of hydrogen-bond acceptors (Lipinski definition) is 7. The van der Waals surface area contributed by atoms with Crippen molar-refractivity contribution >= 4 is 52.4 Å². The van der Waals surface area contributed by atoms with Gasteiger partial charge in [0.25, 0.3) is 11.5 Å². The van der Waals surface area contributed by atoms with E-state index in [1.165, 1.54) is 7.11 Å². The first-order valence-electron chi connectivity index (χ1n) is 9.91. The molecule has 1 saturated carbocycles. The highest BCUT2D eigenvalue weighted by Gasteiger charge is 2.72. The molecule has 1 fully saturated rings. The van der Waals surface area contributed by atoms with Gasteiger partial charge in [-0.2, -0.15) is 26.3 Å². The topological polar surface area (TPSA) is 126 Å². The Morgan fingerprint density at radius 2 is 1.65 bits per heavy atom. The van der Waals surface area contributed by atoms with Crippen LogP contribution in [-0.2, 0) is 15.1 Å². The van der Waals surface area contributed by atoms with Crippen LogP contribution in [0.2, 0.25) is 10.0 Å². The van der Waals surface area contributed by atoms with Crippen molar-refractivity contribution in [1.82, 2.24) is 10.3 Å². The quantitative estimate of drug-likeness (QED) is 0.324. The molecule has 17 heteroatoms. The molecule has 0 spiro atoms. The number of alkyl halides is 6. The van der Waals surface area contributed by atoms with E-state index < -0.39 is 79.6 Å². The third-order valence-electron chi connectivity index (χ3n) is 5.57. The van der Waals surface area contributed by atoms with Crippen molar-refractivity contribution in [3.8, 4) is 10.4 Å². The second-order valence-corrected chi connectivity index (χ2v) is 9.61. The van der Waals surface area contributed by atoms with Crippen LogP contribution in [0.15, 0.2) is 12.1 Å². The zero-order valence-corrected chi connectivity index (χ0v) is 20.5. The molecule has 1 aromatic heterocycles. The van der Waals surface area contributed by atoms with E-state index in [0.717, 1.165) is 0 Å². The highest BCUT2D eigenvalue weighted by atomic mass is 35.5. The lowest BCUT2D eigenvalue weighted by Gasteiger charge is -2.33. The molecule has 3 N–H and O–H groups in total. The van der Waals surface area contributed by atoms with Crippen LogP contribution < -0.4 is 5.32 Å². The zero-order valence-electron chi connectivity index (χ0n) is 18.1. The van der Waals surface area contributed by atoms with Crippen molar-refractivity contribution in [3.05, 3.63) is 38.4 Å².